The van der Waals surface area contributed by atoms with Gasteiger partial charge in [-0.25, -0.2) is 0 Å². The van der Waals surface area contributed by atoms with Gasteiger partial charge in [-0.2, -0.15) is 0 Å². The van der Waals surface area contributed by atoms with Crippen molar-refractivity contribution in [3.63, 3.8) is 0 Å². The molecule has 1 heterocycles. The van der Waals surface area contributed by atoms with Crippen LogP contribution in [0.25, 0.3) is 10.9 Å². The maximum absolute atomic E-state index is 3.59. The zero-order valence-corrected chi connectivity index (χ0v) is 13.9. The number of unbranched alkanes of at least 4 members (excludes halogenated alkanes) is 8. The molecule has 1 aromatic heterocycles. The van der Waals surface area contributed by atoms with E-state index in [-0.39, 0.29) is 0 Å². The standard InChI is InChI=1S/C20H31N/c1-3-4-5-6-7-8-9-10-11-15-19-17(2)18-14-12-13-16-20(18)21-19/h12-14,16,21H,3-11,15H2,1-2H3. The second-order valence-corrected chi connectivity index (χ2v) is 6.35. The van der Waals surface area contributed by atoms with Crippen LogP contribution in [0.2, 0.25) is 0 Å². The number of hydrogen-bond acceptors (Lipinski definition) is 0. The number of aromatic amines is 1. The summed E-state index contributed by atoms with van der Waals surface area (Å²) in [6.07, 6.45) is 13.8. The number of benzene rings is 1. The Labute approximate surface area is 130 Å². The third-order valence-electron chi connectivity index (χ3n) is 4.60. The first-order valence-corrected chi connectivity index (χ1v) is 8.89. The van der Waals surface area contributed by atoms with E-state index in [4.69, 9.17) is 0 Å². The highest BCUT2D eigenvalue weighted by atomic mass is 14.7. The summed E-state index contributed by atoms with van der Waals surface area (Å²) in [7, 11) is 0. The number of aryl methyl sites for hydroxylation is 2. The van der Waals surface area contributed by atoms with E-state index in [0.717, 1.165) is 0 Å². The van der Waals surface area contributed by atoms with E-state index in [1.807, 2.05) is 0 Å². The Hall–Kier alpha value is -1.24. The molecule has 0 aliphatic heterocycles. The van der Waals surface area contributed by atoms with Crippen LogP contribution in [0.5, 0.6) is 0 Å². The Kier molecular flexibility index (Phi) is 6.85. The smallest absolute Gasteiger partial charge is 0.0458 e. The van der Waals surface area contributed by atoms with E-state index < -0.39 is 0 Å². The summed E-state index contributed by atoms with van der Waals surface area (Å²) in [6, 6.07) is 8.65. The minimum Gasteiger partial charge on any atom is -0.358 e. The van der Waals surface area contributed by atoms with Gasteiger partial charge in [0.2, 0.25) is 0 Å². The molecule has 2 aromatic rings. The van der Waals surface area contributed by atoms with Crippen LogP contribution in [0, 0.1) is 6.92 Å². The molecule has 116 valence electrons. The van der Waals surface area contributed by atoms with E-state index in [0.29, 0.717) is 0 Å². The third-order valence-corrected chi connectivity index (χ3v) is 4.60. The molecule has 1 nitrogen and oxygen atoms in total. The van der Waals surface area contributed by atoms with Crippen LogP contribution in [0.15, 0.2) is 24.3 Å². The number of para-hydroxylation sites is 1. The average Bonchev–Trinajstić information content (AvgIpc) is 2.83. The van der Waals surface area contributed by atoms with E-state index in [9.17, 15) is 0 Å². The van der Waals surface area contributed by atoms with Gasteiger partial charge in [0.25, 0.3) is 0 Å². The molecule has 0 bridgehead atoms. The molecule has 0 fully saturated rings. The van der Waals surface area contributed by atoms with Crippen molar-refractivity contribution < 1.29 is 0 Å². The topological polar surface area (TPSA) is 15.8 Å². The lowest BCUT2D eigenvalue weighted by molar-refractivity contribution is 0.564. The van der Waals surface area contributed by atoms with Gasteiger partial charge in [0.1, 0.15) is 0 Å². The third kappa shape index (κ3) is 4.91. The summed E-state index contributed by atoms with van der Waals surface area (Å²) in [4.78, 5) is 3.59. The molecule has 0 saturated heterocycles. The Morgan fingerprint density at radius 2 is 1.43 bits per heavy atom. The molecule has 0 unspecified atom stereocenters. The van der Waals surface area contributed by atoms with Crippen LogP contribution in [-0.4, -0.2) is 4.98 Å². The van der Waals surface area contributed by atoms with Gasteiger partial charge in [-0.05, 0) is 31.4 Å². The Morgan fingerprint density at radius 3 is 2.10 bits per heavy atom. The van der Waals surface area contributed by atoms with Crippen molar-refractivity contribution in [2.24, 2.45) is 0 Å². The van der Waals surface area contributed by atoms with E-state index in [1.165, 1.54) is 86.4 Å². The lowest BCUT2D eigenvalue weighted by atomic mass is 10.0. The minimum atomic E-state index is 1.20. The first-order valence-electron chi connectivity index (χ1n) is 8.89. The summed E-state index contributed by atoms with van der Waals surface area (Å²) in [5.74, 6) is 0. The number of H-pyrrole nitrogens is 1. The Morgan fingerprint density at radius 1 is 0.810 bits per heavy atom. The largest absolute Gasteiger partial charge is 0.358 e. The highest BCUT2D eigenvalue weighted by Crippen LogP contribution is 2.22. The fourth-order valence-corrected chi connectivity index (χ4v) is 3.20. The average molecular weight is 285 g/mol. The van der Waals surface area contributed by atoms with Crippen molar-refractivity contribution in [1.82, 2.24) is 4.98 Å². The van der Waals surface area contributed by atoms with Gasteiger partial charge in [0.05, 0.1) is 0 Å². The highest BCUT2D eigenvalue weighted by Gasteiger charge is 2.06. The van der Waals surface area contributed by atoms with Gasteiger partial charge >= 0.3 is 0 Å². The molecule has 1 N–H and O–H groups in total. The zero-order chi connectivity index (χ0) is 14.9. The van der Waals surface area contributed by atoms with Crippen LogP contribution >= 0.6 is 0 Å². The van der Waals surface area contributed by atoms with Gasteiger partial charge in [-0.3, -0.25) is 0 Å². The summed E-state index contributed by atoms with van der Waals surface area (Å²) in [5.41, 5.74) is 4.19. The lowest BCUT2D eigenvalue weighted by Crippen LogP contribution is -1.89. The van der Waals surface area contributed by atoms with Crippen LogP contribution < -0.4 is 0 Å². The van der Waals surface area contributed by atoms with Crippen molar-refractivity contribution in [2.75, 3.05) is 0 Å². The lowest BCUT2D eigenvalue weighted by Gasteiger charge is -2.02. The van der Waals surface area contributed by atoms with E-state index >= 15 is 0 Å². The predicted molar refractivity (Wildman–Crippen MR) is 94.0 cm³/mol. The summed E-state index contributed by atoms with van der Waals surface area (Å²) < 4.78 is 0. The number of fused-ring (bicyclic) bond motifs is 1. The molecule has 2 rings (SSSR count). The van der Waals surface area contributed by atoms with Gasteiger partial charge in [-0.15, -0.1) is 0 Å². The van der Waals surface area contributed by atoms with Crippen LogP contribution in [0.3, 0.4) is 0 Å². The van der Waals surface area contributed by atoms with Gasteiger partial charge in [0.15, 0.2) is 0 Å². The molecule has 0 aliphatic rings. The molecular weight excluding hydrogens is 254 g/mol. The number of rotatable bonds is 10. The maximum atomic E-state index is 3.59. The van der Waals surface area contributed by atoms with E-state index in [2.05, 4.69) is 43.1 Å². The summed E-state index contributed by atoms with van der Waals surface area (Å²) >= 11 is 0. The van der Waals surface area contributed by atoms with Gasteiger partial charge in [-0.1, -0.05) is 76.5 Å². The van der Waals surface area contributed by atoms with Crippen molar-refractivity contribution in [1.29, 1.82) is 0 Å². The number of hydrogen-bond donors (Lipinski definition) is 1. The predicted octanol–water partition coefficient (Wildman–Crippen LogP) is 6.55. The van der Waals surface area contributed by atoms with E-state index in [1.54, 1.807) is 0 Å². The maximum Gasteiger partial charge on any atom is 0.0458 e. The van der Waals surface area contributed by atoms with Crippen molar-refractivity contribution in [3.05, 3.63) is 35.5 Å². The fourth-order valence-electron chi connectivity index (χ4n) is 3.20. The van der Waals surface area contributed by atoms with Gasteiger partial charge in [0, 0.05) is 16.6 Å². The molecule has 0 radical (unpaired) electrons. The van der Waals surface area contributed by atoms with Crippen molar-refractivity contribution in [2.45, 2.75) is 78.1 Å². The SMILES string of the molecule is CCCCCCCCCCCc1[nH]c2ccccc2c1C. The minimum absolute atomic E-state index is 1.20. The number of aromatic nitrogens is 1. The van der Waals surface area contributed by atoms with Crippen LogP contribution in [0.4, 0.5) is 0 Å². The monoisotopic (exact) mass is 285 g/mol. The molecule has 0 atom stereocenters. The van der Waals surface area contributed by atoms with Crippen molar-refractivity contribution in [3.8, 4) is 0 Å². The second kappa shape index (κ2) is 8.92. The normalized spacial score (nSPS) is 11.3. The first-order chi connectivity index (χ1) is 10.3. The second-order valence-electron chi connectivity index (χ2n) is 6.35. The Balaban J connectivity index is 1.63. The van der Waals surface area contributed by atoms with Crippen molar-refractivity contribution >= 4 is 10.9 Å². The zero-order valence-electron chi connectivity index (χ0n) is 13.9. The first kappa shape index (κ1) is 16.1. The summed E-state index contributed by atoms with van der Waals surface area (Å²) in [6.45, 7) is 4.54. The number of nitrogens with one attached hydrogen (secondary N) is 1. The quantitative estimate of drug-likeness (QED) is 0.476. The molecule has 1 aromatic carbocycles. The molecule has 1 heteroatoms. The molecule has 0 aliphatic carbocycles. The van der Waals surface area contributed by atoms with Gasteiger partial charge < -0.3 is 4.98 Å². The van der Waals surface area contributed by atoms with Crippen LogP contribution in [0.1, 0.15) is 76.0 Å². The highest BCUT2D eigenvalue weighted by molar-refractivity contribution is 5.84. The molecule has 0 saturated carbocycles. The fraction of sp³-hybridized carbons (Fsp3) is 0.600. The van der Waals surface area contributed by atoms with Crippen LogP contribution in [-0.2, 0) is 6.42 Å². The molecule has 0 spiro atoms. The Bertz CT molecular complexity index is 524. The summed E-state index contributed by atoms with van der Waals surface area (Å²) in [5, 5.41) is 1.39. The molecule has 21 heavy (non-hydrogen) atoms. The molecular formula is C20H31N. The molecule has 0 amide bonds.